The number of rotatable bonds is 3. The van der Waals surface area contributed by atoms with Crippen molar-refractivity contribution in [2.24, 2.45) is 0 Å². The van der Waals surface area contributed by atoms with Crippen LogP contribution in [0.5, 0.6) is 0 Å². The largest absolute Gasteiger partial charge is 0.299 e. The van der Waals surface area contributed by atoms with E-state index in [1.807, 2.05) is 50.2 Å². The molecule has 1 aliphatic heterocycles. The monoisotopic (exact) mass is 280 g/mol. The molecule has 0 saturated carbocycles. The van der Waals surface area contributed by atoms with Crippen LogP contribution in [0.1, 0.15) is 34.2 Å². The summed E-state index contributed by atoms with van der Waals surface area (Å²) in [7, 11) is 0. The van der Waals surface area contributed by atoms with Crippen LogP contribution in [0.15, 0.2) is 36.4 Å². The minimum atomic E-state index is -0.471. The maximum absolute atomic E-state index is 12.2. The number of amides is 1. The van der Waals surface area contributed by atoms with E-state index in [4.69, 9.17) is 0 Å². The van der Waals surface area contributed by atoms with Crippen molar-refractivity contribution >= 4 is 17.4 Å². The highest BCUT2D eigenvalue weighted by molar-refractivity contribution is 6.52. The van der Waals surface area contributed by atoms with E-state index in [1.54, 1.807) is 0 Å². The third kappa shape index (κ3) is 2.33. The van der Waals surface area contributed by atoms with Crippen molar-refractivity contribution in [2.45, 2.75) is 26.8 Å². The van der Waals surface area contributed by atoms with Crippen molar-refractivity contribution in [2.75, 3.05) is 4.90 Å². The molecule has 0 bridgehead atoms. The Labute approximate surface area is 123 Å². The van der Waals surface area contributed by atoms with E-state index in [9.17, 15) is 9.59 Å². The zero-order valence-electron chi connectivity index (χ0n) is 12.1. The zero-order chi connectivity index (χ0) is 15.0. The number of fused-ring (bicyclic) bond motifs is 1. The topological polar surface area (TPSA) is 50.3 Å². The summed E-state index contributed by atoms with van der Waals surface area (Å²) < 4.78 is 0. The molecule has 1 amide bonds. The minimum Gasteiger partial charge on any atom is -0.299 e. The third-order valence-electron chi connectivity index (χ3n) is 3.71. The van der Waals surface area contributed by atoms with Gasteiger partial charge in [0, 0.05) is 5.69 Å². The van der Waals surface area contributed by atoms with Gasteiger partial charge in [-0.25, -0.2) is 0 Å². The molecule has 1 aromatic heterocycles. The standard InChI is InChI=1S/C17H16N2O2/c1-3-12-7-8-15-14(9-12)16(20)17(21)19(15)10-13-6-4-5-11(2)18-13/h4-9H,3,10H2,1-2H3. The van der Waals surface area contributed by atoms with E-state index in [-0.39, 0.29) is 0 Å². The van der Waals surface area contributed by atoms with Crippen molar-refractivity contribution < 1.29 is 9.59 Å². The summed E-state index contributed by atoms with van der Waals surface area (Å²) in [6.45, 7) is 4.25. The number of anilines is 1. The quantitative estimate of drug-likeness (QED) is 0.812. The van der Waals surface area contributed by atoms with Gasteiger partial charge in [0.1, 0.15) is 0 Å². The van der Waals surface area contributed by atoms with Crippen LogP contribution in [0.4, 0.5) is 5.69 Å². The van der Waals surface area contributed by atoms with Crippen LogP contribution in [0.3, 0.4) is 0 Å². The minimum absolute atomic E-state index is 0.324. The van der Waals surface area contributed by atoms with Gasteiger partial charge in [-0.1, -0.05) is 19.1 Å². The van der Waals surface area contributed by atoms with Crippen molar-refractivity contribution in [1.29, 1.82) is 0 Å². The molecule has 4 nitrogen and oxygen atoms in total. The number of ketones is 1. The lowest BCUT2D eigenvalue weighted by Crippen LogP contribution is -2.29. The van der Waals surface area contributed by atoms with Gasteiger partial charge in [0.15, 0.2) is 0 Å². The van der Waals surface area contributed by atoms with Gasteiger partial charge >= 0.3 is 0 Å². The Morgan fingerprint density at radius 3 is 2.67 bits per heavy atom. The third-order valence-corrected chi connectivity index (χ3v) is 3.71. The number of aryl methyl sites for hydroxylation is 2. The first kappa shape index (κ1) is 13.5. The molecule has 21 heavy (non-hydrogen) atoms. The van der Waals surface area contributed by atoms with Crippen molar-refractivity contribution in [1.82, 2.24) is 4.98 Å². The van der Waals surface area contributed by atoms with Gasteiger partial charge in [0.25, 0.3) is 11.7 Å². The number of benzene rings is 1. The van der Waals surface area contributed by atoms with Crippen LogP contribution in [0.25, 0.3) is 0 Å². The van der Waals surface area contributed by atoms with E-state index in [1.165, 1.54) is 4.90 Å². The zero-order valence-corrected chi connectivity index (χ0v) is 12.1. The first-order valence-corrected chi connectivity index (χ1v) is 7.02. The molecule has 4 heteroatoms. The Morgan fingerprint density at radius 2 is 1.95 bits per heavy atom. The average molecular weight is 280 g/mol. The Morgan fingerprint density at radius 1 is 1.14 bits per heavy atom. The van der Waals surface area contributed by atoms with Gasteiger partial charge in [0.2, 0.25) is 0 Å². The molecule has 0 unspecified atom stereocenters. The molecule has 0 radical (unpaired) electrons. The molecule has 0 aliphatic carbocycles. The summed E-state index contributed by atoms with van der Waals surface area (Å²) in [4.78, 5) is 30.2. The van der Waals surface area contributed by atoms with E-state index in [0.717, 1.165) is 23.4 Å². The average Bonchev–Trinajstić information content (AvgIpc) is 2.72. The predicted octanol–water partition coefficient (Wildman–Crippen LogP) is 2.68. The molecule has 0 spiro atoms. The Balaban J connectivity index is 1.98. The summed E-state index contributed by atoms with van der Waals surface area (Å²) in [5.74, 6) is -0.894. The summed E-state index contributed by atoms with van der Waals surface area (Å²) >= 11 is 0. The lowest BCUT2D eigenvalue weighted by atomic mass is 10.1. The van der Waals surface area contributed by atoms with E-state index < -0.39 is 11.7 Å². The van der Waals surface area contributed by atoms with Gasteiger partial charge in [-0.15, -0.1) is 0 Å². The molecule has 0 atom stereocenters. The molecule has 0 saturated heterocycles. The molecule has 0 N–H and O–H groups in total. The molecule has 2 aromatic rings. The number of hydrogen-bond donors (Lipinski definition) is 0. The van der Waals surface area contributed by atoms with Gasteiger partial charge in [0.05, 0.1) is 23.5 Å². The number of hydrogen-bond acceptors (Lipinski definition) is 3. The Kier molecular flexibility index (Phi) is 3.29. The molecule has 106 valence electrons. The number of carbonyl (C=O) groups excluding carboxylic acids is 2. The highest BCUT2D eigenvalue weighted by Gasteiger charge is 2.35. The van der Waals surface area contributed by atoms with Gasteiger partial charge in [-0.3, -0.25) is 19.5 Å². The molecular formula is C17H16N2O2. The lowest BCUT2D eigenvalue weighted by Gasteiger charge is -2.16. The highest BCUT2D eigenvalue weighted by Crippen LogP contribution is 2.31. The van der Waals surface area contributed by atoms with E-state index >= 15 is 0 Å². The molecular weight excluding hydrogens is 264 g/mol. The molecule has 1 aromatic carbocycles. The summed E-state index contributed by atoms with van der Waals surface area (Å²) in [6.07, 6.45) is 0.841. The second kappa shape index (κ2) is 5.13. The Hall–Kier alpha value is -2.49. The van der Waals surface area contributed by atoms with Crippen molar-refractivity contribution in [3.05, 3.63) is 58.9 Å². The predicted molar refractivity (Wildman–Crippen MR) is 80.3 cm³/mol. The van der Waals surface area contributed by atoms with E-state index in [0.29, 0.717) is 17.8 Å². The van der Waals surface area contributed by atoms with Crippen LogP contribution < -0.4 is 4.90 Å². The van der Waals surface area contributed by atoms with Crippen LogP contribution in [-0.2, 0) is 17.8 Å². The second-order valence-corrected chi connectivity index (χ2v) is 5.20. The number of Topliss-reactive ketones (excluding diaryl/α,β-unsaturated/α-hetero) is 1. The number of nitrogens with zero attached hydrogens (tertiary/aromatic N) is 2. The SMILES string of the molecule is CCc1ccc2c(c1)C(=O)C(=O)N2Cc1cccc(C)n1. The summed E-state index contributed by atoms with van der Waals surface area (Å²) in [5, 5.41) is 0. The van der Waals surface area contributed by atoms with Crippen molar-refractivity contribution in [3.63, 3.8) is 0 Å². The van der Waals surface area contributed by atoms with E-state index in [2.05, 4.69) is 4.98 Å². The molecule has 2 heterocycles. The Bertz CT molecular complexity index is 737. The van der Waals surface area contributed by atoms with Crippen LogP contribution in [0, 0.1) is 6.92 Å². The van der Waals surface area contributed by atoms with Crippen LogP contribution in [0.2, 0.25) is 0 Å². The number of pyridine rings is 1. The normalized spacial score (nSPS) is 13.7. The lowest BCUT2D eigenvalue weighted by molar-refractivity contribution is -0.114. The first-order valence-electron chi connectivity index (χ1n) is 7.02. The molecule has 1 aliphatic rings. The van der Waals surface area contributed by atoms with Crippen LogP contribution in [-0.4, -0.2) is 16.7 Å². The highest BCUT2D eigenvalue weighted by atomic mass is 16.2. The first-order chi connectivity index (χ1) is 10.1. The van der Waals surface area contributed by atoms with Gasteiger partial charge < -0.3 is 0 Å². The number of aromatic nitrogens is 1. The second-order valence-electron chi connectivity index (χ2n) is 5.20. The summed E-state index contributed by atoms with van der Waals surface area (Å²) in [5.41, 5.74) is 3.93. The number of carbonyl (C=O) groups is 2. The fraction of sp³-hybridized carbons (Fsp3) is 0.235. The molecule has 3 rings (SSSR count). The van der Waals surface area contributed by atoms with Crippen molar-refractivity contribution in [3.8, 4) is 0 Å². The molecule has 0 fully saturated rings. The van der Waals surface area contributed by atoms with Crippen LogP contribution >= 0.6 is 0 Å². The smallest absolute Gasteiger partial charge is 0.299 e. The maximum Gasteiger partial charge on any atom is 0.299 e. The van der Waals surface area contributed by atoms with Gasteiger partial charge in [-0.2, -0.15) is 0 Å². The maximum atomic E-state index is 12.2. The van der Waals surface area contributed by atoms with Gasteiger partial charge in [-0.05, 0) is 43.2 Å². The fourth-order valence-corrected chi connectivity index (χ4v) is 2.57. The summed E-state index contributed by atoms with van der Waals surface area (Å²) in [6, 6.07) is 11.3. The fourth-order valence-electron chi connectivity index (χ4n) is 2.57.